The van der Waals surface area contributed by atoms with Gasteiger partial charge in [-0.3, -0.25) is 14.3 Å². The van der Waals surface area contributed by atoms with E-state index in [2.05, 4.69) is 10.4 Å². The molecule has 29 heavy (non-hydrogen) atoms. The van der Waals surface area contributed by atoms with Crippen LogP contribution in [-0.4, -0.2) is 36.1 Å². The number of carbonyl (C=O) groups is 2. The number of aromatic nitrogens is 2. The Bertz CT molecular complexity index is 1090. The lowest BCUT2D eigenvalue weighted by Gasteiger charge is -2.25. The maximum absolute atomic E-state index is 12.8. The summed E-state index contributed by atoms with van der Waals surface area (Å²) in [6.45, 7) is 1.74. The molecule has 0 fully saturated rings. The molecular formula is C16H15F3N4O5S. The van der Waals surface area contributed by atoms with Crippen LogP contribution in [0.3, 0.4) is 0 Å². The number of amides is 2. The molecule has 2 amide bonds. The summed E-state index contributed by atoms with van der Waals surface area (Å²) in [7, 11) is -3.48. The van der Waals surface area contributed by atoms with Gasteiger partial charge in [0.2, 0.25) is 0 Å². The topological polar surface area (TPSA) is 119 Å². The third-order valence-electron chi connectivity index (χ3n) is 4.08. The van der Waals surface area contributed by atoms with E-state index in [1.807, 2.05) is 0 Å². The van der Waals surface area contributed by atoms with Gasteiger partial charge < -0.3 is 10.1 Å². The van der Waals surface area contributed by atoms with Gasteiger partial charge in [-0.15, -0.1) is 0 Å². The number of nitrogens with one attached hydrogen (secondary N) is 2. The van der Waals surface area contributed by atoms with Gasteiger partial charge >= 0.3 is 6.18 Å². The molecule has 2 heterocycles. The molecular weight excluding hydrogens is 417 g/mol. The number of halogens is 3. The SMILES string of the molecule is CC[C@H]1Oc2ccc(S(=O)(=O)NC(=O)c3cc(C(F)(F)F)n(C)n3)cc2NC1=O. The number of aryl methyl sites for hydroxylation is 1. The number of rotatable bonds is 4. The van der Waals surface area contributed by atoms with E-state index >= 15 is 0 Å². The molecule has 1 atom stereocenters. The molecule has 0 radical (unpaired) electrons. The Hall–Kier alpha value is -3.09. The first-order chi connectivity index (χ1) is 13.4. The van der Waals surface area contributed by atoms with Crippen LogP contribution in [0.1, 0.15) is 29.5 Å². The van der Waals surface area contributed by atoms with E-state index in [1.54, 1.807) is 11.6 Å². The second kappa shape index (κ2) is 7.06. The van der Waals surface area contributed by atoms with Crippen LogP contribution in [0.15, 0.2) is 29.2 Å². The fourth-order valence-corrected chi connectivity index (χ4v) is 3.63. The lowest BCUT2D eigenvalue weighted by molar-refractivity contribution is -0.143. The van der Waals surface area contributed by atoms with E-state index in [9.17, 15) is 31.2 Å². The summed E-state index contributed by atoms with van der Waals surface area (Å²) in [5.41, 5.74) is -1.84. The van der Waals surface area contributed by atoms with Crippen LogP contribution in [-0.2, 0) is 28.0 Å². The predicted molar refractivity (Wildman–Crippen MR) is 92.6 cm³/mol. The van der Waals surface area contributed by atoms with Crippen LogP contribution in [0.5, 0.6) is 5.75 Å². The molecule has 1 aromatic heterocycles. The largest absolute Gasteiger partial charge is 0.478 e. The lowest BCUT2D eigenvalue weighted by Crippen LogP contribution is -2.36. The van der Waals surface area contributed by atoms with Crippen LogP contribution >= 0.6 is 0 Å². The van der Waals surface area contributed by atoms with Gasteiger partial charge in [0.25, 0.3) is 21.8 Å². The standard InChI is InChI=1S/C16H15F3N4O5S/c1-3-11-15(25)20-9-6-8(4-5-12(9)28-11)29(26,27)22-14(24)10-7-13(16(17,18)19)23(2)21-10/h4-7,11H,3H2,1-2H3,(H,20,25)(H,22,24)/t11-/m1/s1. The maximum Gasteiger partial charge on any atom is 0.433 e. The van der Waals surface area contributed by atoms with E-state index in [1.165, 1.54) is 6.07 Å². The Kier molecular flexibility index (Phi) is 5.03. The summed E-state index contributed by atoms with van der Waals surface area (Å²) < 4.78 is 70.9. The van der Waals surface area contributed by atoms with E-state index in [0.717, 1.165) is 19.2 Å². The zero-order valence-electron chi connectivity index (χ0n) is 15.1. The van der Waals surface area contributed by atoms with Crippen molar-refractivity contribution < 1.29 is 35.9 Å². The van der Waals surface area contributed by atoms with Gasteiger partial charge in [-0.25, -0.2) is 13.1 Å². The third kappa shape index (κ3) is 4.04. The molecule has 9 nitrogen and oxygen atoms in total. The number of hydrogen-bond donors (Lipinski definition) is 2. The van der Waals surface area contributed by atoms with Crippen LogP contribution in [0, 0.1) is 0 Å². The van der Waals surface area contributed by atoms with Gasteiger partial charge in [0.05, 0.1) is 10.6 Å². The molecule has 156 valence electrons. The molecule has 3 rings (SSSR count). The average molecular weight is 432 g/mol. The predicted octanol–water partition coefficient (Wildman–Crippen LogP) is 1.67. The van der Waals surface area contributed by atoms with Crippen molar-refractivity contribution in [1.29, 1.82) is 0 Å². The number of alkyl halides is 3. The number of anilines is 1. The summed E-state index contributed by atoms with van der Waals surface area (Å²) in [6.07, 6.45) is -5.06. The van der Waals surface area contributed by atoms with Crippen LogP contribution in [0.4, 0.5) is 18.9 Å². The number of nitrogens with zero attached hydrogens (tertiary/aromatic N) is 2. The van der Waals surface area contributed by atoms with Gasteiger partial charge in [0.15, 0.2) is 11.8 Å². The minimum atomic E-state index is -4.76. The number of ether oxygens (including phenoxy) is 1. The summed E-state index contributed by atoms with van der Waals surface area (Å²) in [5.74, 6) is -1.53. The highest BCUT2D eigenvalue weighted by Crippen LogP contribution is 2.33. The molecule has 2 N–H and O–H groups in total. The number of fused-ring (bicyclic) bond motifs is 1. The Labute approximate surface area is 162 Å². The van der Waals surface area contributed by atoms with E-state index in [0.29, 0.717) is 17.2 Å². The second-order valence-electron chi connectivity index (χ2n) is 6.13. The van der Waals surface area contributed by atoms with Gasteiger partial charge in [-0.2, -0.15) is 18.3 Å². The van der Waals surface area contributed by atoms with Crippen molar-refractivity contribution in [2.45, 2.75) is 30.5 Å². The number of benzene rings is 1. The van der Waals surface area contributed by atoms with E-state index in [4.69, 9.17) is 4.74 Å². The van der Waals surface area contributed by atoms with Crippen molar-refractivity contribution in [3.63, 3.8) is 0 Å². The molecule has 13 heteroatoms. The summed E-state index contributed by atoms with van der Waals surface area (Å²) in [4.78, 5) is 23.6. The van der Waals surface area contributed by atoms with E-state index in [-0.39, 0.29) is 11.4 Å². The minimum absolute atomic E-state index is 0.0900. The van der Waals surface area contributed by atoms with Crippen molar-refractivity contribution in [3.05, 3.63) is 35.7 Å². The first kappa shape index (κ1) is 20.6. The zero-order chi connectivity index (χ0) is 21.6. The van der Waals surface area contributed by atoms with Crippen molar-refractivity contribution in [3.8, 4) is 5.75 Å². The Balaban J connectivity index is 1.84. The fraction of sp³-hybridized carbons (Fsp3) is 0.312. The highest BCUT2D eigenvalue weighted by molar-refractivity contribution is 7.90. The molecule has 0 spiro atoms. The first-order valence-corrected chi connectivity index (χ1v) is 9.70. The Morgan fingerprint density at radius 3 is 2.62 bits per heavy atom. The Morgan fingerprint density at radius 1 is 1.34 bits per heavy atom. The number of carbonyl (C=O) groups excluding carboxylic acids is 2. The maximum atomic E-state index is 12.8. The van der Waals surface area contributed by atoms with Gasteiger partial charge in [0.1, 0.15) is 11.4 Å². The van der Waals surface area contributed by atoms with Crippen molar-refractivity contribution >= 4 is 27.5 Å². The van der Waals surface area contributed by atoms with Crippen molar-refractivity contribution in [2.24, 2.45) is 7.05 Å². The van der Waals surface area contributed by atoms with E-state index < -0.39 is 50.4 Å². The second-order valence-corrected chi connectivity index (χ2v) is 7.82. The quantitative estimate of drug-likeness (QED) is 0.759. The molecule has 1 aliphatic rings. The number of hydrogen-bond acceptors (Lipinski definition) is 6. The van der Waals surface area contributed by atoms with Crippen LogP contribution < -0.4 is 14.8 Å². The zero-order valence-corrected chi connectivity index (χ0v) is 15.9. The van der Waals surface area contributed by atoms with Crippen LogP contribution in [0.25, 0.3) is 0 Å². The molecule has 0 unspecified atom stereocenters. The Morgan fingerprint density at radius 2 is 2.03 bits per heavy atom. The van der Waals surface area contributed by atoms with Crippen molar-refractivity contribution in [2.75, 3.05) is 5.32 Å². The molecule has 0 bridgehead atoms. The highest BCUT2D eigenvalue weighted by atomic mass is 32.2. The first-order valence-electron chi connectivity index (χ1n) is 8.22. The smallest absolute Gasteiger partial charge is 0.433 e. The fourth-order valence-electron chi connectivity index (χ4n) is 2.64. The normalized spacial score (nSPS) is 16.6. The number of sulfonamides is 1. The molecule has 2 aromatic rings. The van der Waals surface area contributed by atoms with Gasteiger partial charge in [0, 0.05) is 13.1 Å². The molecule has 0 aliphatic carbocycles. The molecule has 0 saturated heterocycles. The average Bonchev–Trinajstić information content (AvgIpc) is 3.02. The summed E-state index contributed by atoms with van der Waals surface area (Å²) in [6, 6.07) is 3.96. The highest BCUT2D eigenvalue weighted by Gasteiger charge is 2.36. The molecule has 0 saturated carbocycles. The monoisotopic (exact) mass is 432 g/mol. The minimum Gasteiger partial charge on any atom is -0.478 e. The summed E-state index contributed by atoms with van der Waals surface area (Å²) in [5, 5.41) is 5.90. The van der Waals surface area contributed by atoms with Crippen molar-refractivity contribution in [1.82, 2.24) is 14.5 Å². The molecule has 1 aromatic carbocycles. The lowest BCUT2D eigenvalue weighted by atomic mass is 10.2. The third-order valence-corrected chi connectivity index (χ3v) is 5.41. The van der Waals surface area contributed by atoms with Gasteiger partial charge in [-0.05, 0) is 24.6 Å². The van der Waals surface area contributed by atoms with Crippen LogP contribution in [0.2, 0.25) is 0 Å². The van der Waals surface area contributed by atoms with Gasteiger partial charge in [-0.1, -0.05) is 6.92 Å². The summed E-state index contributed by atoms with van der Waals surface area (Å²) >= 11 is 0. The molecule has 1 aliphatic heterocycles.